The van der Waals surface area contributed by atoms with Crippen molar-refractivity contribution >= 4 is 29.0 Å². The molecule has 194 valence electrons. The summed E-state index contributed by atoms with van der Waals surface area (Å²) in [7, 11) is 4.39. The van der Waals surface area contributed by atoms with E-state index in [-0.39, 0.29) is 16.3 Å². The standard InChI is InChI=1S/C25H37N7O4/c1-32(2,20-14-27-24-7-3-4-8-25(24)31(35)36)19-6-16-29-18-17-28(21-29)15-5-13-26-22-9-11-23(12-10-22)30(33)34/h3-4,7-12,18,26-27H,5-6,13-17,19-21H2,1-2H3/q+2. The minimum atomic E-state index is -0.391. The molecule has 0 saturated heterocycles. The lowest BCUT2D eigenvalue weighted by atomic mass is 10.2. The first kappa shape index (κ1) is 27.0. The third-order valence-corrected chi connectivity index (χ3v) is 6.38. The van der Waals surface area contributed by atoms with E-state index in [1.54, 1.807) is 30.3 Å². The summed E-state index contributed by atoms with van der Waals surface area (Å²) >= 11 is 0. The summed E-state index contributed by atoms with van der Waals surface area (Å²) in [4.78, 5) is 23.6. The van der Waals surface area contributed by atoms with Crippen LogP contribution in [0.3, 0.4) is 0 Å². The smallest absolute Gasteiger partial charge is 0.292 e. The Morgan fingerprint density at radius 3 is 2.42 bits per heavy atom. The number of nitro groups is 2. The summed E-state index contributed by atoms with van der Waals surface area (Å²) in [5, 5.41) is 28.4. The van der Waals surface area contributed by atoms with Crippen LogP contribution in [-0.4, -0.2) is 96.6 Å². The molecule has 11 nitrogen and oxygen atoms in total. The maximum absolute atomic E-state index is 11.2. The van der Waals surface area contributed by atoms with Gasteiger partial charge in [0, 0.05) is 37.0 Å². The molecule has 0 amide bonds. The van der Waals surface area contributed by atoms with Gasteiger partial charge < -0.3 is 15.1 Å². The first-order chi connectivity index (χ1) is 17.2. The molecule has 0 spiro atoms. The summed E-state index contributed by atoms with van der Waals surface area (Å²) < 4.78 is 3.22. The molecule has 0 unspecified atom stereocenters. The number of nitro benzene ring substituents is 2. The van der Waals surface area contributed by atoms with E-state index in [4.69, 9.17) is 0 Å². The quantitative estimate of drug-likeness (QED) is 0.127. The second-order valence-electron chi connectivity index (χ2n) is 9.74. The fourth-order valence-corrected chi connectivity index (χ4v) is 4.25. The minimum absolute atomic E-state index is 0.102. The number of likely N-dealkylation sites (N-methyl/N-ethyl adjacent to an activating group) is 1. The molecule has 1 aliphatic heterocycles. The highest BCUT2D eigenvalue weighted by atomic mass is 16.6. The second kappa shape index (κ2) is 12.9. The van der Waals surface area contributed by atoms with Gasteiger partial charge in [0.25, 0.3) is 11.4 Å². The number of nitrogens with one attached hydrogen (secondary N) is 2. The lowest BCUT2D eigenvalue weighted by molar-refractivity contribution is -0.889. The monoisotopic (exact) mass is 499 g/mol. The fraction of sp³-hybridized carbons (Fsp3) is 0.480. The Morgan fingerprint density at radius 2 is 1.69 bits per heavy atom. The van der Waals surface area contributed by atoms with Gasteiger partial charge in [-0.2, -0.15) is 0 Å². The van der Waals surface area contributed by atoms with Gasteiger partial charge in [-0.05, 0) is 24.6 Å². The Kier molecular flexibility index (Phi) is 9.71. The number of nitrogens with zero attached hydrogens (tertiary/aromatic N) is 5. The van der Waals surface area contributed by atoms with E-state index in [1.807, 2.05) is 0 Å². The van der Waals surface area contributed by atoms with Crippen molar-refractivity contribution in [2.24, 2.45) is 0 Å². The van der Waals surface area contributed by atoms with Crippen molar-refractivity contribution < 1.29 is 18.9 Å². The molecule has 36 heavy (non-hydrogen) atoms. The van der Waals surface area contributed by atoms with Crippen molar-refractivity contribution in [2.75, 3.05) is 77.2 Å². The number of quaternary nitrogens is 1. The zero-order valence-electron chi connectivity index (χ0n) is 21.1. The molecule has 0 atom stereocenters. The van der Waals surface area contributed by atoms with Gasteiger partial charge >= 0.3 is 0 Å². The molecule has 1 aliphatic rings. The Morgan fingerprint density at radius 1 is 0.944 bits per heavy atom. The average Bonchev–Trinajstić information content (AvgIpc) is 3.29. The van der Waals surface area contributed by atoms with E-state index in [1.165, 1.54) is 18.2 Å². The van der Waals surface area contributed by atoms with E-state index in [0.717, 1.165) is 68.9 Å². The van der Waals surface area contributed by atoms with Crippen molar-refractivity contribution in [1.82, 2.24) is 4.90 Å². The van der Waals surface area contributed by atoms with Crippen LogP contribution >= 0.6 is 0 Å². The zero-order chi connectivity index (χ0) is 26.0. The van der Waals surface area contributed by atoms with E-state index in [2.05, 4.69) is 40.4 Å². The first-order valence-electron chi connectivity index (χ1n) is 12.3. The van der Waals surface area contributed by atoms with Gasteiger partial charge in [0.2, 0.25) is 0 Å². The highest BCUT2D eigenvalue weighted by Gasteiger charge is 2.22. The lowest BCUT2D eigenvalue weighted by Gasteiger charge is -2.29. The van der Waals surface area contributed by atoms with Crippen LogP contribution in [0.1, 0.15) is 12.8 Å². The molecule has 2 aromatic rings. The molecular weight excluding hydrogens is 462 g/mol. The third-order valence-electron chi connectivity index (χ3n) is 6.38. The first-order valence-corrected chi connectivity index (χ1v) is 12.3. The Balaban J connectivity index is 1.27. The van der Waals surface area contributed by atoms with Gasteiger partial charge in [0.15, 0.2) is 12.9 Å². The van der Waals surface area contributed by atoms with Crippen LogP contribution in [-0.2, 0) is 0 Å². The van der Waals surface area contributed by atoms with Crippen molar-refractivity contribution in [3.8, 4) is 0 Å². The van der Waals surface area contributed by atoms with Crippen molar-refractivity contribution in [3.05, 3.63) is 68.8 Å². The number of hydrogen-bond acceptors (Lipinski definition) is 7. The molecule has 0 radical (unpaired) electrons. The van der Waals surface area contributed by atoms with Gasteiger partial charge in [0.05, 0.1) is 56.5 Å². The van der Waals surface area contributed by atoms with Crippen LogP contribution in [0.4, 0.5) is 22.7 Å². The minimum Gasteiger partial charge on any atom is -0.385 e. The van der Waals surface area contributed by atoms with Crippen LogP contribution in [0, 0.1) is 20.2 Å². The van der Waals surface area contributed by atoms with Crippen molar-refractivity contribution in [3.63, 3.8) is 0 Å². The molecule has 1 heterocycles. The maximum Gasteiger partial charge on any atom is 0.292 e. The van der Waals surface area contributed by atoms with Gasteiger partial charge in [0.1, 0.15) is 12.2 Å². The van der Waals surface area contributed by atoms with Crippen LogP contribution in [0.5, 0.6) is 0 Å². The summed E-state index contributed by atoms with van der Waals surface area (Å²) in [5.74, 6) is 0. The molecule has 0 fully saturated rings. The normalized spacial score (nSPS) is 13.9. The Bertz CT molecular complexity index is 1060. The van der Waals surface area contributed by atoms with Crippen LogP contribution < -0.4 is 10.6 Å². The highest BCUT2D eigenvalue weighted by molar-refractivity contribution is 5.61. The molecule has 2 N–H and O–H groups in total. The molecule has 0 aromatic heterocycles. The average molecular weight is 500 g/mol. The number of anilines is 2. The fourth-order valence-electron chi connectivity index (χ4n) is 4.25. The SMILES string of the molecule is C[N+](C)(CCC[N+]1=CCN(CCCNc2ccc([N+](=O)[O-])cc2)C1)CCNc1ccccc1[N+](=O)[O-]. The van der Waals surface area contributed by atoms with Crippen LogP contribution in [0.15, 0.2) is 48.5 Å². The molecule has 11 heteroatoms. The van der Waals surface area contributed by atoms with E-state index in [0.29, 0.717) is 12.2 Å². The maximum atomic E-state index is 11.2. The number of hydrogen-bond donors (Lipinski definition) is 2. The van der Waals surface area contributed by atoms with E-state index >= 15 is 0 Å². The van der Waals surface area contributed by atoms with Gasteiger partial charge in [-0.25, -0.2) is 9.48 Å². The van der Waals surface area contributed by atoms with E-state index in [9.17, 15) is 20.2 Å². The topological polar surface area (TPSA) is 117 Å². The number of benzene rings is 2. The largest absolute Gasteiger partial charge is 0.385 e. The summed E-state index contributed by atoms with van der Waals surface area (Å²) in [6.45, 7) is 7.30. The number of rotatable bonds is 15. The molecule has 0 saturated carbocycles. The summed E-state index contributed by atoms with van der Waals surface area (Å²) in [6, 6.07) is 13.3. The molecular formula is C25H37N7O4+2. The van der Waals surface area contributed by atoms with E-state index < -0.39 is 4.92 Å². The predicted molar refractivity (Wildman–Crippen MR) is 142 cm³/mol. The van der Waals surface area contributed by atoms with Gasteiger partial charge in [-0.15, -0.1) is 0 Å². The van der Waals surface area contributed by atoms with Gasteiger partial charge in [-0.1, -0.05) is 12.1 Å². The number of para-hydroxylation sites is 2. The van der Waals surface area contributed by atoms with Crippen LogP contribution in [0.2, 0.25) is 0 Å². The number of non-ortho nitro benzene ring substituents is 1. The van der Waals surface area contributed by atoms with Crippen molar-refractivity contribution in [1.29, 1.82) is 0 Å². The second-order valence-corrected chi connectivity index (χ2v) is 9.74. The Labute approximate surface area is 211 Å². The zero-order valence-corrected chi connectivity index (χ0v) is 21.1. The highest BCUT2D eigenvalue weighted by Crippen LogP contribution is 2.23. The molecule has 3 rings (SSSR count). The van der Waals surface area contributed by atoms with Gasteiger partial charge in [-0.3, -0.25) is 20.2 Å². The third kappa shape index (κ3) is 8.58. The lowest BCUT2D eigenvalue weighted by Crippen LogP contribution is -2.44. The summed E-state index contributed by atoms with van der Waals surface area (Å²) in [5.41, 5.74) is 1.68. The molecule has 0 aliphatic carbocycles. The van der Waals surface area contributed by atoms with Crippen molar-refractivity contribution in [2.45, 2.75) is 12.8 Å². The summed E-state index contributed by atoms with van der Waals surface area (Å²) in [6.07, 6.45) is 4.33. The van der Waals surface area contributed by atoms with Crippen LogP contribution in [0.25, 0.3) is 0 Å². The molecule has 0 bridgehead atoms. The Hall–Kier alpha value is -3.57. The molecule has 2 aromatic carbocycles. The predicted octanol–water partition coefficient (Wildman–Crippen LogP) is 3.24.